The van der Waals surface area contributed by atoms with Crippen LogP contribution in [0.1, 0.15) is 0 Å². The fraction of sp³-hybridized carbons (Fsp3) is 0.111. The largest absolute Gasteiger partial charge is 0.143 e. The summed E-state index contributed by atoms with van der Waals surface area (Å²) < 4.78 is 2.45. The number of fused-ring (bicyclic) bond motifs is 1. The summed E-state index contributed by atoms with van der Waals surface area (Å²) in [5.74, 6) is 0. The van der Waals surface area contributed by atoms with E-state index in [1.807, 2.05) is 0 Å². The highest BCUT2D eigenvalue weighted by molar-refractivity contribution is 9.10. The number of rotatable bonds is 1. The van der Waals surface area contributed by atoms with E-state index in [0.717, 1.165) is 4.90 Å². The maximum atomic E-state index is 4.46. The van der Waals surface area contributed by atoms with Crippen molar-refractivity contribution in [1.29, 1.82) is 0 Å². The lowest BCUT2D eigenvalue weighted by Gasteiger charge is -2.04. The Morgan fingerprint density at radius 3 is 3.00 bits per heavy atom. The van der Waals surface area contributed by atoms with Crippen LogP contribution in [0.5, 0.6) is 0 Å². The molecule has 1 heterocycles. The normalized spacial score (nSPS) is 11.0. The Hall–Kier alpha value is 0.360. The average molecular weight is 291 g/mol. The van der Waals surface area contributed by atoms with Crippen molar-refractivity contribution in [2.45, 2.75) is 9.79 Å². The number of halogens is 1. The fourth-order valence-corrected chi connectivity index (χ4v) is 4.11. The van der Waals surface area contributed by atoms with Crippen LogP contribution < -0.4 is 0 Å². The van der Waals surface area contributed by atoms with Crippen LogP contribution >= 0.6 is 51.7 Å². The number of thiophene rings is 1. The predicted molar refractivity (Wildman–Crippen MR) is 68.6 cm³/mol. The van der Waals surface area contributed by atoms with Gasteiger partial charge in [-0.2, -0.15) is 0 Å². The summed E-state index contributed by atoms with van der Waals surface area (Å²) in [5, 5.41) is 3.36. The molecule has 1 aromatic heterocycles. The lowest BCUT2D eigenvalue weighted by atomic mass is 10.3. The molecule has 2 aromatic rings. The highest BCUT2D eigenvalue weighted by Crippen LogP contribution is 2.39. The van der Waals surface area contributed by atoms with Crippen LogP contribution in [0, 0.1) is 0 Å². The van der Waals surface area contributed by atoms with E-state index in [0.29, 0.717) is 0 Å². The van der Waals surface area contributed by atoms with E-state index < -0.39 is 0 Å². The van der Waals surface area contributed by atoms with Crippen LogP contribution in [0.25, 0.3) is 10.1 Å². The zero-order valence-electron chi connectivity index (χ0n) is 6.87. The average Bonchev–Trinajstić information content (AvgIpc) is 2.60. The first-order valence-electron chi connectivity index (χ1n) is 3.66. The molecule has 0 spiro atoms. The summed E-state index contributed by atoms with van der Waals surface area (Å²) in [5.41, 5.74) is 0. The predicted octanol–water partition coefficient (Wildman–Crippen LogP) is 4.67. The summed E-state index contributed by atoms with van der Waals surface area (Å²) >= 11 is 11.5. The summed E-state index contributed by atoms with van der Waals surface area (Å²) in [6.07, 6.45) is 2.07. The molecular formula is C9H7BrS3. The van der Waals surface area contributed by atoms with Gasteiger partial charge in [0.15, 0.2) is 0 Å². The van der Waals surface area contributed by atoms with Gasteiger partial charge < -0.3 is 0 Å². The van der Waals surface area contributed by atoms with Gasteiger partial charge in [-0.25, -0.2) is 0 Å². The molecule has 0 amide bonds. The van der Waals surface area contributed by atoms with Crippen molar-refractivity contribution in [3.05, 3.63) is 22.0 Å². The fourth-order valence-electron chi connectivity index (χ4n) is 1.21. The molecule has 0 fully saturated rings. The highest BCUT2D eigenvalue weighted by atomic mass is 79.9. The molecule has 0 aliphatic rings. The Kier molecular flexibility index (Phi) is 2.93. The van der Waals surface area contributed by atoms with Gasteiger partial charge in [0.05, 0.1) is 0 Å². The maximum Gasteiger partial charge on any atom is 0.0488 e. The van der Waals surface area contributed by atoms with Crippen molar-refractivity contribution in [2.24, 2.45) is 0 Å². The van der Waals surface area contributed by atoms with Crippen molar-refractivity contribution in [3.8, 4) is 0 Å². The van der Waals surface area contributed by atoms with E-state index >= 15 is 0 Å². The number of hydrogen-bond acceptors (Lipinski definition) is 3. The minimum absolute atomic E-state index is 1.07. The quantitative estimate of drug-likeness (QED) is 0.588. The van der Waals surface area contributed by atoms with Gasteiger partial charge in [-0.3, -0.25) is 0 Å². The van der Waals surface area contributed by atoms with Gasteiger partial charge in [-0.1, -0.05) is 0 Å². The van der Waals surface area contributed by atoms with Crippen molar-refractivity contribution >= 4 is 61.7 Å². The Labute approximate surface area is 99.3 Å². The van der Waals surface area contributed by atoms with E-state index in [1.54, 1.807) is 23.1 Å². The monoisotopic (exact) mass is 290 g/mol. The molecule has 0 saturated heterocycles. The summed E-state index contributed by atoms with van der Waals surface area (Å²) in [4.78, 5) is 2.31. The molecule has 0 atom stereocenters. The number of benzene rings is 1. The molecular weight excluding hydrogens is 284 g/mol. The van der Waals surface area contributed by atoms with E-state index in [1.165, 1.54) is 19.5 Å². The lowest BCUT2D eigenvalue weighted by molar-refractivity contribution is 1.38. The molecule has 2 rings (SSSR count). The molecule has 4 heteroatoms. The minimum atomic E-state index is 1.07. The van der Waals surface area contributed by atoms with Crippen molar-refractivity contribution in [2.75, 3.05) is 6.26 Å². The molecule has 0 N–H and O–H groups in total. The molecule has 0 unspecified atom stereocenters. The third-order valence-corrected chi connectivity index (χ3v) is 5.17. The van der Waals surface area contributed by atoms with Gasteiger partial charge in [0.1, 0.15) is 0 Å². The van der Waals surface area contributed by atoms with Crippen LogP contribution in [0.2, 0.25) is 0 Å². The zero-order valence-corrected chi connectivity index (χ0v) is 11.0. The molecule has 0 aliphatic heterocycles. The van der Waals surface area contributed by atoms with Crippen molar-refractivity contribution < 1.29 is 0 Å². The smallest absolute Gasteiger partial charge is 0.0488 e. The van der Waals surface area contributed by atoms with E-state index in [4.69, 9.17) is 0 Å². The van der Waals surface area contributed by atoms with Crippen molar-refractivity contribution in [1.82, 2.24) is 0 Å². The molecule has 0 nitrogen and oxygen atoms in total. The Morgan fingerprint density at radius 1 is 1.54 bits per heavy atom. The van der Waals surface area contributed by atoms with Crippen LogP contribution in [-0.4, -0.2) is 6.26 Å². The SMILES string of the molecule is CSc1cc(S)c2sccc2c1Br. The van der Waals surface area contributed by atoms with Crippen LogP contribution in [0.3, 0.4) is 0 Å². The molecule has 0 aliphatic carbocycles. The van der Waals surface area contributed by atoms with E-state index in [9.17, 15) is 0 Å². The third-order valence-electron chi connectivity index (χ3n) is 1.84. The van der Waals surface area contributed by atoms with Crippen LogP contribution in [0.4, 0.5) is 0 Å². The first-order valence-corrected chi connectivity index (χ1v) is 7.01. The Bertz CT molecular complexity index is 447. The van der Waals surface area contributed by atoms with Crippen LogP contribution in [0.15, 0.2) is 31.8 Å². The molecule has 0 bridgehead atoms. The number of thiol groups is 1. The number of thioether (sulfide) groups is 1. The standard InChI is InChI=1S/C9H7BrS3/c1-12-7-4-6(11)9-5(8(7)10)2-3-13-9/h2-4,11H,1H3. The topological polar surface area (TPSA) is 0 Å². The summed E-state index contributed by atoms with van der Waals surface area (Å²) in [6, 6.07) is 4.24. The molecule has 0 radical (unpaired) electrons. The van der Waals surface area contributed by atoms with Crippen LogP contribution in [-0.2, 0) is 0 Å². The second-order valence-electron chi connectivity index (χ2n) is 2.58. The maximum absolute atomic E-state index is 4.46. The minimum Gasteiger partial charge on any atom is -0.143 e. The second kappa shape index (κ2) is 3.85. The summed E-state index contributed by atoms with van der Waals surface area (Å²) in [7, 11) is 0. The van der Waals surface area contributed by atoms with E-state index in [-0.39, 0.29) is 0 Å². The number of hydrogen-bond donors (Lipinski definition) is 1. The van der Waals surface area contributed by atoms with E-state index in [2.05, 4.69) is 52.3 Å². The van der Waals surface area contributed by atoms with Gasteiger partial charge in [0, 0.05) is 24.3 Å². The first kappa shape index (κ1) is 9.90. The highest BCUT2D eigenvalue weighted by Gasteiger charge is 2.08. The Morgan fingerprint density at radius 2 is 2.31 bits per heavy atom. The molecule has 13 heavy (non-hydrogen) atoms. The third kappa shape index (κ3) is 1.65. The van der Waals surface area contributed by atoms with Gasteiger partial charge >= 0.3 is 0 Å². The summed E-state index contributed by atoms with van der Waals surface area (Å²) in [6.45, 7) is 0. The van der Waals surface area contributed by atoms with Gasteiger partial charge in [0.2, 0.25) is 0 Å². The van der Waals surface area contributed by atoms with Gasteiger partial charge in [-0.05, 0) is 39.7 Å². The molecule has 0 saturated carbocycles. The van der Waals surface area contributed by atoms with Gasteiger partial charge in [-0.15, -0.1) is 35.7 Å². The Balaban J connectivity index is 2.85. The second-order valence-corrected chi connectivity index (χ2v) is 5.61. The first-order chi connectivity index (χ1) is 6.24. The molecule has 1 aromatic carbocycles. The lowest BCUT2D eigenvalue weighted by Crippen LogP contribution is -1.76. The van der Waals surface area contributed by atoms with Gasteiger partial charge in [0.25, 0.3) is 0 Å². The van der Waals surface area contributed by atoms with Crippen molar-refractivity contribution in [3.63, 3.8) is 0 Å². The molecule has 68 valence electrons. The zero-order chi connectivity index (χ0) is 9.42.